The Balaban J connectivity index is 1.71. The minimum Gasteiger partial charge on any atom is -0.472 e. The van der Waals surface area contributed by atoms with Crippen LogP contribution in [0.25, 0.3) is 0 Å². The highest BCUT2D eigenvalue weighted by Crippen LogP contribution is 2.28. The Labute approximate surface area is 118 Å². The van der Waals surface area contributed by atoms with E-state index in [-0.39, 0.29) is 24.4 Å². The normalized spacial score (nSPS) is 24.8. The molecule has 1 N–H and O–H groups in total. The molecule has 5 heteroatoms. The van der Waals surface area contributed by atoms with E-state index in [0.717, 1.165) is 31.2 Å². The molecule has 1 aromatic rings. The molecule has 1 atom stereocenters. The first-order valence-corrected chi connectivity index (χ1v) is 7.33. The number of rotatable bonds is 3. The molecule has 0 aromatic carbocycles. The molecule has 20 heavy (non-hydrogen) atoms. The van der Waals surface area contributed by atoms with E-state index in [1.54, 1.807) is 17.4 Å². The van der Waals surface area contributed by atoms with Crippen molar-refractivity contribution in [2.75, 3.05) is 6.54 Å². The fourth-order valence-corrected chi connectivity index (χ4v) is 3.25. The monoisotopic (exact) mass is 276 g/mol. The largest absolute Gasteiger partial charge is 0.472 e. The summed E-state index contributed by atoms with van der Waals surface area (Å²) in [4.78, 5) is 26.1. The van der Waals surface area contributed by atoms with Crippen molar-refractivity contribution >= 4 is 11.8 Å². The second kappa shape index (κ2) is 5.69. The molecule has 1 saturated heterocycles. The molecule has 1 saturated carbocycles. The Morgan fingerprint density at radius 2 is 2.05 bits per heavy atom. The van der Waals surface area contributed by atoms with Gasteiger partial charge in [-0.3, -0.25) is 9.59 Å². The second-order valence-electron chi connectivity index (χ2n) is 5.77. The first-order chi connectivity index (χ1) is 9.74. The van der Waals surface area contributed by atoms with Gasteiger partial charge in [0.05, 0.1) is 19.1 Å². The maximum absolute atomic E-state index is 12.6. The number of carbonyl (C=O) groups is 2. The lowest BCUT2D eigenvalue weighted by atomic mass is 9.82. The Morgan fingerprint density at radius 1 is 1.25 bits per heavy atom. The molecule has 0 radical (unpaired) electrons. The summed E-state index contributed by atoms with van der Waals surface area (Å²) in [7, 11) is 0. The molecular formula is C15H20N2O3. The van der Waals surface area contributed by atoms with Crippen molar-refractivity contribution in [3.63, 3.8) is 0 Å². The Kier molecular flexibility index (Phi) is 3.76. The molecule has 3 rings (SSSR count). The van der Waals surface area contributed by atoms with Gasteiger partial charge in [-0.2, -0.15) is 0 Å². The highest BCUT2D eigenvalue weighted by molar-refractivity contribution is 5.95. The molecule has 2 amide bonds. The zero-order valence-electron chi connectivity index (χ0n) is 11.5. The molecule has 2 aliphatic rings. The quantitative estimate of drug-likeness (QED) is 0.913. The molecular weight excluding hydrogens is 256 g/mol. The van der Waals surface area contributed by atoms with Gasteiger partial charge in [0.15, 0.2) is 0 Å². The van der Waals surface area contributed by atoms with Crippen LogP contribution in [0.5, 0.6) is 0 Å². The summed E-state index contributed by atoms with van der Waals surface area (Å²) in [5.41, 5.74) is 0.926. The maximum atomic E-state index is 12.6. The van der Waals surface area contributed by atoms with Gasteiger partial charge in [-0.25, -0.2) is 0 Å². The van der Waals surface area contributed by atoms with Crippen LogP contribution in [0.2, 0.25) is 0 Å². The fraction of sp³-hybridized carbons (Fsp3) is 0.600. The van der Waals surface area contributed by atoms with Crippen LogP contribution in [0, 0.1) is 5.92 Å². The number of piperazine rings is 1. The average molecular weight is 276 g/mol. The van der Waals surface area contributed by atoms with Crippen LogP contribution >= 0.6 is 0 Å². The molecule has 108 valence electrons. The first kappa shape index (κ1) is 13.2. The Morgan fingerprint density at radius 3 is 2.75 bits per heavy atom. The van der Waals surface area contributed by atoms with Crippen molar-refractivity contribution in [3.05, 3.63) is 24.2 Å². The smallest absolute Gasteiger partial charge is 0.246 e. The summed E-state index contributed by atoms with van der Waals surface area (Å²) in [6.07, 6.45) is 8.84. The number of carbonyl (C=O) groups excluding carboxylic acids is 2. The summed E-state index contributed by atoms with van der Waals surface area (Å²) in [5.74, 6) is 0.300. The fourth-order valence-electron chi connectivity index (χ4n) is 3.25. The van der Waals surface area contributed by atoms with Crippen LogP contribution in [0.4, 0.5) is 0 Å². The lowest BCUT2D eigenvalue weighted by molar-refractivity contribution is -0.146. The van der Waals surface area contributed by atoms with Gasteiger partial charge in [-0.05, 0) is 24.8 Å². The van der Waals surface area contributed by atoms with E-state index < -0.39 is 0 Å². The molecule has 2 fully saturated rings. The Hall–Kier alpha value is -1.78. The molecule has 1 aliphatic carbocycles. The lowest BCUT2D eigenvalue weighted by Crippen LogP contribution is -2.60. The number of furan rings is 1. The third kappa shape index (κ3) is 2.71. The number of amides is 2. The van der Waals surface area contributed by atoms with Crippen LogP contribution in [0.15, 0.2) is 23.0 Å². The van der Waals surface area contributed by atoms with Gasteiger partial charge in [-0.1, -0.05) is 19.3 Å². The minimum atomic E-state index is -0.330. The lowest BCUT2D eigenvalue weighted by Gasteiger charge is -2.37. The summed E-state index contributed by atoms with van der Waals surface area (Å²) in [6.45, 7) is 0.596. The van der Waals surface area contributed by atoms with Gasteiger partial charge < -0.3 is 14.6 Å². The summed E-state index contributed by atoms with van der Waals surface area (Å²) in [6, 6.07) is 1.50. The number of hydrogen-bond acceptors (Lipinski definition) is 3. The summed E-state index contributed by atoms with van der Waals surface area (Å²) in [5, 5.41) is 2.89. The van der Waals surface area contributed by atoms with Crippen molar-refractivity contribution < 1.29 is 14.0 Å². The van der Waals surface area contributed by atoms with E-state index in [1.165, 1.54) is 6.42 Å². The molecule has 1 aromatic heterocycles. The molecule has 0 bridgehead atoms. The standard InChI is InChI=1S/C15H20N2O3/c18-13-9-17(8-11-6-7-20-10-11)15(19)14(16-13)12-4-2-1-3-5-12/h6-7,10,12,14H,1-5,8-9H2,(H,16,18). The highest BCUT2D eigenvalue weighted by Gasteiger charge is 2.38. The van der Waals surface area contributed by atoms with Crippen LogP contribution in [0.3, 0.4) is 0 Å². The topological polar surface area (TPSA) is 62.6 Å². The third-order valence-electron chi connectivity index (χ3n) is 4.30. The molecule has 5 nitrogen and oxygen atoms in total. The molecule has 1 aliphatic heterocycles. The minimum absolute atomic E-state index is 0.0522. The average Bonchev–Trinajstić information content (AvgIpc) is 2.96. The van der Waals surface area contributed by atoms with E-state index in [2.05, 4.69) is 5.32 Å². The van der Waals surface area contributed by atoms with E-state index >= 15 is 0 Å². The van der Waals surface area contributed by atoms with Crippen LogP contribution in [-0.2, 0) is 16.1 Å². The van der Waals surface area contributed by atoms with E-state index in [0.29, 0.717) is 12.5 Å². The van der Waals surface area contributed by atoms with Crippen molar-refractivity contribution in [2.24, 2.45) is 5.92 Å². The van der Waals surface area contributed by atoms with E-state index in [4.69, 9.17) is 4.42 Å². The number of nitrogens with one attached hydrogen (secondary N) is 1. The summed E-state index contributed by atoms with van der Waals surface area (Å²) < 4.78 is 5.02. The molecule has 2 heterocycles. The van der Waals surface area contributed by atoms with Crippen LogP contribution in [0.1, 0.15) is 37.7 Å². The number of nitrogens with zero attached hydrogens (tertiary/aromatic N) is 1. The van der Waals surface area contributed by atoms with Gasteiger partial charge in [0, 0.05) is 12.1 Å². The van der Waals surface area contributed by atoms with Crippen molar-refractivity contribution in [2.45, 2.75) is 44.7 Å². The molecule has 0 spiro atoms. The van der Waals surface area contributed by atoms with Gasteiger partial charge in [0.2, 0.25) is 11.8 Å². The van der Waals surface area contributed by atoms with Crippen molar-refractivity contribution in [1.82, 2.24) is 10.2 Å². The predicted molar refractivity (Wildman–Crippen MR) is 72.6 cm³/mol. The predicted octanol–water partition coefficient (Wildman–Crippen LogP) is 1.69. The van der Waals surface area contributed by atoms with Crippen LogP contribution in [-0.4, -0.2) is 29.3 Å². The van der Waals surface area contributed by atoms with Crippen molar-refractivity contribution in [3.8, 4) is 0 Å². The van der Waals surface area contributed by atoms with E-state index in [9.17, 15) is 9.59 Å². The van der Waals surface area contributed by atoms with Crippen molar-refractivity contribution in [1.29, 1.82) is 0 Å². The maximum Gasteiger partial charge on any atom is 0.246 e. The van der Waals surface area contributed by atoms with Gasteiger partial charge in [0.25, 0.3) is 0 Å². The zero-order valence-corrected chi connectivity index (χ0v) is 11.5. The van der Waals surface area contributed by atoms with E-state index in [1.807, 2.05) is 6.07 Å². The number of hydrogen-bond donors (Lipinski definition) is 1. The second-order valence-corrected chi connectivity index (χ2v) is 5.77. The SMILES string of the molecule is O=C1CN(Cc2ccoc2)C(=O)C(C2CCCCC2)N1. The summed E-state index contributed by atoms with van der Waals surface area (Å²) >= 11 is 0. The van der Waals surface area contributed by atoms with Gasteiger partial charge in [-0.15, -0.1) is 0 Å². The third-order valence-corrected chi connectivity index (χ3v) is 4.30. The highest BCUT2D eigenvalue weighted by atomic mass is 16.3. The van der Waals surface area contributed by atoms with Gasteiger partial charge in [0.1, 0.15) is 6.04 Å². The molecule has 1 unspecified atom stereocenters. The van der Waals surface area contributed by atoms with Crippen LogP contribution < -0.4 is 5.32 Å². The van der Waals surface area contributed by atoms with Gasteiger partial charge >= 0.3 is 0 Å². The zero-order chi connectivity index (χ0) is 13.9. The Bertz CT molecular complexity index is 477. The first-order valence-electron chi connectivity index (χ1n) is 7.33.